The largest absolute Gasteiger partial charge is 0.349 e. The molecule has 8 heteroatoms. The van der Waals surface area contributed by atoms with E-state index in [0.29, 0.717) is 20.8 Å². The summed E-state index contributed by atoms with van der Waals surface area (Å²) in [4.78, 5) is 17.3. The first kappa shape index (κ1) is 22.6. The van der Waals surface area contributed by atoms with E-state index in [1.54, 1.807) is 18.2 Å². The quantitative estimate of drug-likeness (QED) is 0.626. The minimum Gasteiger partial charge on any atom is -0.349 e. The molecule has 0 aliphatic carbocycles. The molecule has 1 unspecified atom stereocenters. The van der Waals surface area contributed by atoms with E-state index < -0.39 is 0 Å². The minimum atomic E-state index is -0.263. The third-order valence-electron chi connectivity index (χ3n) is 5.92. The van der Waals surface area contributed by atoms with Gasteiger partial charge in [-0.2, -0.15) is 0 Å². The average molecular weight is 457 g/mol. The van der Waals surface area contributed by atoms with Crippen LogP contribution in [0.25, 0.3) is 0 Å². The molecule has 0 aromatic heterocycles. The van der Waals surface area contributed by atoms with Crippen molar-refractivity contribution in [3.63, 3.8) is 0 Å². The maximum atomic E-state index is 13.0. The van der Waals surface area contributed by atoms with Gasteiger partial charge in [0.15, 0.2) is 5.11 Å². The maximum absolute atomic E-state index is 13.0. The Balaban J connectivity index is 1.68. The lowest BCUT2D eigenvalue weighted by atomic mass is 9.95. The Morgan fingerprint density at radius 2 is 2.03 bits per heavy atom. The Morgan fingerprint density at radius 1 is 1.34 bits per heavy atom. The van der Waals surface area contributed by atoms with Crippen LogP contribution < -0.4 is 10.6 Å². The fourth-order valence-electron chi connectivity index (χ4n) is 4.18. The van der Waals surface area contributed by atoms with Crippen molar-refractivity contribution in [1.29, 1.82) is 0 Å². The summed E-state index contributed by atoms with van der Waals surface area (Å²) < 4.78 is 0. The van der Waals surface area contributed by atoms with Crippen LogP contribution >= 0.6 is 35.4 Å². The van der Waals surface area contributed by atoms with Gasteiger partial charge < -0.3 is 15.1 Å². The first-order chi connectivity index (χ1) is 13.8. The van der Waals surface area contributed by atoms with Crippen molar-refractivity contribution in [2.45, 2.75) is 58.2 Å². The summed E-state index contributed by atoms with van der Waals surface area (Å²) in [5.41, 5.74) is 0.448. The molecule has 1 aromatic rings. The van der Waals surface area contributed by atoms with Crippen LogP contribution in [0, 0.1) is 5.92 Å². The van der Waals surface area contributed by atoms with E-state index in [1.165, 1.54) is 0 Å². The maximum Gasteiger partial charge on any atom is 0.241 e. The highest BCUT2D eigenvalue weighted by Gasteiger charge is 2.51. The molecular weight excluding hydrogens is 427 g/mol. The van der Waals surface area contributed by atoms with E-state index in [4.69, 9.17) is 35.4 Å². The highest BCUT2D eigenvalue weighted by atomic mass is 35.5. The number of carbonyl (C=O) groups is 1. The number of piperidine rings is 1. The van der Waals surface area contributed by atoms with Crippen LogP contribution in [0.1, 0.15) is 46.5 Å². The Hall–Kier alpha value is -1.08. The molecular formula is C21H30Cl2N4OS. The number of rotatable bonds is 5. The van der Waals surface area contributed by atoms with E-state index in [0.717, 1.165) is 45.3 Å². The van der Waals surface area contributed by atoms with Crippen LogP contribution in [-0.4, -0.2) is 52.2 Å². The van der Waals surface area contributed by atoms with Gasteiger partial charge in [0, 0.05) is 37.5 Å². The fraction of sp³-hybridized carbons (Fsp3) is 0.619. The van der Waals surface area contributed by atoms with E-state index >= 15 is 0 Å². The van der Waals surface area contributed by atoms with Gasteiger partial charge in [0.05, 0.1) is 22.4 Å². The zero-order chi connectivity index (χ0) is 21.2. The van der Waals surface area contributed by atoms with Crippen molar-refractivity contribution >= 4 is 52.1 Å². The Labute approximate surface area is 189 Å². The molecule has 2 aliphatic rings. The lowest BCUT2D eigenvalue weighted by Gasteiger charge is -2.45. The smallest absolute Gasteiger partial charge is 0.241 e. The number of anilines is 1. The summed E-state index contributed by atoms with van der Waals surface area (Å²) >= 11 is 18.0. The van der Waals surface area contributed by atoms with Gasteiger partial charge in [-0.25, -0.2) is 0 Å². The summed E-state index contributed by atoms with van der Waals surface area (Å²) in [7, 11) is 0. The summed E-state index contributed by atoms with van der Waals surface area (Å²) in [6, 6.07) is 5.18. The summed E-state index contributed by atoms with van der Waals surface area (Å²) in [6.07, 6.45) is 3.79. The molecule has 2 aliphatic heterocycles. The number of benzene rings is 1. The van der Waals surface area contributed by atoms with Gasteiger partial charge in [-0.05, 0) is 42.8 Å². The average Bonchev–Trinajstić information content (AvgIpc) is 2.95. The molecule has 1 amide bonds. The van der Waals surface area contributed by atoms with Crippen molar-refractivity contribution < 1.29 is 4.79 Å². The van der Waals surface area contributed by atoms with Crippen LogP contribution in [0.4, 0.5) is 5.69 Å². The van der Waals surface area contributed by atoms with Crippen molar-refractivity contribution in [3.05, 3.63) is 28.2 Å². The number of unbranched alkanes of at least 4 members (excludes halogenated alkanes) is 1. The molecule has 0 saturated carbocycles. The molecule has 1 atom stereocenters. The minimum absolute atomic E-state index is 0.103. The number of hydrogen-bond donors (Lipinski definition) is 2. The van der Waals surface area contributed by atoms with E-state index in [-0.39, 0.29) is 23.5 Å². The molecule has 5 nitrogen and oxygen atoms in total. The molecule has 3 rings (SSSR count). The van der Waals surface area contributed by atoms with Crippen LogP contribution in [0.3, 0.4) is 0 Å². The monoisotopic (exact) mass is 456 g/mol. The number of nitrogens with one attached hydrogen (secondary N) is 2. The molecule has 0 bridgehead atoms. The first-order valence-electron chi connectivity index (χ1n) is 10.4. The van der Waals surface area contributed by atoms with E-state index in [9.17, 15) is 4.79 Å². The van der Waals surface area contributed by atoms with E-state index in [1.807, 2.05) is 0 Å². The van der Waals surface area contributed by atoms with Crippen molar-refractivity contribution in [3.8, 4) is 0 Å². The predicted octanol–water partition coefficient (Wildman–Crippen LogP) is 4.74. The normalized spacial score (nSPS) is 21.3. The lowest BCUT2D eigenvalue weighted by molar-refractivity contribution is -0.133. The topological polar surface area (TPSA) is 47.6 Å². The molecule has 1 aromatic carbocycles. The van der Waals surface area contributed by atoms with Gasteiger partial charge in [-0.15, -0.1) is 0 Å². The van der Waals surface area contributed by atoms with Gasteiger partial charge in [0.25, 0.3) is 0 Å². The molecule has 0 radical (unpaired) electrons. The van der Waals surface area contributed by atoms with Crippen LogP contribution in [0.5, 0.6) is 0 Å². The number of likely N-dealkylation sites (tertiary alicyclic amines) is 1. The zero-order valence-electron chi connectivity index (χ0n) is 17.3. The number of carbonyl (C=O) groups excluding carboxylic acids is 1. The predicted molar refractivity (Wildman–Crippen MR) is 125 cm³/mol. The summed E-state index contributed by atoms with van der Waals surface area (Å²) in [5.74, 6) is 0.519. The second-order valence-corrected chi connectivity index (χ2v) is 9.51. The molecule has 2 saturated heterocycles. The second kappa shape index (κ2) is 9.38. The first-order valence-corrected chi connectivity index (χ1v) is 11.5. The third-order valence-corrected chi connectivity index (χ3v) is 6.85. The summed E-state index contributed by atoms with van der Waals surface area (Å²) in [5, 5.41) is 8.73. The van der Waals surface area contributed by atoms with Crippen LogP contribution in [0.2, 0.25) is 10.0 Å². The van der Waals surface area contributed by atoms with Crippen molar-refractivity contribution in [2.24, 2.45) is 5.92 Å². The zero-order valence-corrected chi connectivity index (χ0v) is 19.6. The van der Waals surface area contributed by atoms with Crippen LogP contribution in [0.15, 0.2) is 18.2 Å². The number of hydrogen-bond acceptors (Lipinski definition) is 3. The van der Waals surface area contributed by atoms with Gasteiger partial charge >= 0.3 is 0 Å². The van der Waals surface area contributed by atoms with E-state index in [2.05, 4.69) is 41.2 Å². The highest BCUT2D eigenvalue weighted by Crippen LogP contribution is 2.35. The highest BCUT2D eigenvalue weighted by molar-refractivity contribution is 7.80. The Kier molecular flexibility index (Phi) is 7.31. The fourth-order valence-corrected chi connectivity index (χ4v) is 4.81. The lowest BCUT2D eigenvalue weighted by Crippen LogP contribution is -2.60. The molecule has 160 valence electrons. The number of halogens is 2. The SMILES string of the molecule is CCCCN1C(=O)C(C(C)C)NC12CCN(C(=S)Nc1cc(Cl)ccc1Cl)CC2. The number of nitrogens with zero attached hydrogens (tertiary/aromatic N) is 2. The molecule has 2 heterocycles. The van der Waals surface area contributed by atoms with Crippen molar-refractivity contribution in [1.82, 2.24) is 15.1 Å². The molecule has 29 heavy (non-hydrogen) atoms. The standard InChI is InChI=1S/C21H30Cl2N4OS/c1-4-5-10-27-19(28)18(14(2)3)25-21(27)8-11-26(12-9-21)20(29)24-17-13-15(22)6-7-16(17)23/h6-7,13-14,18,25H,4-5,8-12H2,1-3H3,(H,24,29). The van der Waals surface area contributed by atoms with Gasteiger partial charge in [-0.3, -0.25) is 10.1 Å². The molecule has 2 fully saturated rings. The third kappa shape index (κ3) is 4.82. The summed E-state index contributed by atoms with van der Waals surface area (Å²) in [6.45, 7) is 8.74. The van der Waals surface area contributed by atoms with Gasteiger partial charge in [-0.1, -0.05) is 50.4 Å². The number of amides is 1. The van der Waals surface area contributed by atoms with Gasteiger partial charge in [0.2, 0.25) is 5.91 Å². The molecule has 1 spiro atoms. The Bertz CT molecular complexity index is 765. The van der Waals surface area contributed by atoms with Crippen molar-refractivity contribution in [2.75, 3.05) is 25.0 Å². The Morgan fingerprint density at radius 3 is 2.66 bits per heavy atom. The van der Waals surface area contributed by atoms with Crippen LogP contribution in [-0.2, 0) is 4.79 Å². The second-order valence-electron chi connectivity index (χ2n) is 8.28. The number of thiocarbonyl (C=S) groups is 1. The van der Waals surface area contributed by atoms with Gasteiger partial charge in [0.1, 0.15) is 0 Å². The molecule has 2 N–H and O–H groups in total.